The number of para-hydroxylation sites is 1. The first kappa shape index (κ1) is 19.0. The Morgan fingerprint density at radius 1 is 1.07 bits per heavy atom. The summed E-state index contributed by atoms with van der Waals surface area (Å²) in [6.45, 7) is 0.171. The smallest absolute Gasteiger partial charge is 0.273 e. The van der Waals surface area contributed by atoms with Crippen LogP contribution >= 0.6 is 11.3 Å². The van der Waals surface area contributed by atoms with Gasteiger partial charge in [-0.1, -0.05) is 18.2 Å². The molecule has 0 radical (unpaired) electrons. The third-order valence-corrected chi connectivity index (χ3v) is 6.72. The summed E-state index contributed by atoms with van der Waals surface area (Å²) < 4.78 is 38.0. The average Bonchev–Trinajstić information content (AvgIpc) is 3.40. The van der Waals surface area contributed by atoms with Crippen LogP contribution in [0, 0.1) is 0 Å². The number of nitrogens with one attached hydrogen (secondary N) is 2. The van der Waals surface area contributed by atoms with Crippen molar-refractivity contribution >= 4 is 39.2 Å². The minimum absolute atomic E-state index is 0.149. The Balaban J connectivity index is 1.48. The van der Waals surface area contributed by atoms with Crippen molar-refractivity contribution in [3.05, 3.63) is 71.1 Å². The number of hydrogen-bond donors (Lipinski definition) is 2. The number of ether oxygens (including phenoxy) is 2. The number of anilines is 1. The van der Waals surface area contributed by atoms with Gasteiger partial charge >= 0.3 is 0 Å². The number of fused-ring (bicyclic) bond motifs is 1. The summed E-state index contributed by atoms with van der Waals surface area (Å²) in [5.41, 5.74) is 3.42. The van der Waals surface area contributed by atoms with Crippen LogP contribution in [0.15, 0.2) is 69.3 Å². The molecule has 29 heavy (non-hydrogen) atoms. The van der Waals surface area contributed by atoms with Crippen molar-refractivity contribution in [2.24, 2.45) is 5.10 Å². The molecule has 2 heterocycles. The molecule has 0 spiro atoms. The lowest BCUT2D eigenvalue weighted by atomic mass is 10.2. The fraction of sp³-hybridized carbons (Fsp3) is 0.0526. The minimum Gasteiger partial charge on any atom is -0.454 e. The van der Waals surface area contributed by atoms with E-state index in [1.54, 1.807) is 41.8 Å². The molecule has 0 aliphatic carbocycles. The number of nitrogens with zero attached hydrogens (tertiary/aromatic N) is 1. The van der Waals surface area contributed by atoms with Crippen LogP contribution in [0.3, 0.4) is 0 Å². The van der Waals surface area contributed by atoms with Crippen molar-refractivity contribution < 1.29 is 22.7 Å². The lowest BCUT2D eigenvalue weighted by molar-refractivity contribution is 0.0956. The third-order valence-electron chi connectivity index (χ3n) is 3.95. The Hall–Kier alpha value is -3.37. The van der Waals surface area contributed by atoms with Crippen LogP contribution in [0.2, 0.25) is 0 Å². The van der Waals surface area contributed by atoms with Crippen molar-refractivity contribution in [1.82, 2.24) is 5.43 Å². The van der Waals surface area contributed by atoms with Crippen LogP contribution in [-0.2, 0) is 10.0 Å². The topological polar surface area (TPSA) is 106 Å². The number of hydrazone groups is 1. The first-order chi connectivity index (χ1) is 14.0. The Morgan fingerprint density at radius 2 is 1.90 bits per heavy atom. The van der Waals surface area contributed by atoms with E-state index in [2.05, 4.69) is 15.2 Å². The van der Waals surface area contributed by atoms with E-state index in [0.717, 1.165) is 11.3 Å². The van der Waals surface area contributed by atoms with Crippen LogP contribution in [0.25, 0.3) is 0 Å². The SMILES string of the molecule is O=C(N/N=C/c1ccc2c(c1)OCO2)c1ccccc1NS(=O)(=O)c1cccs1. The van der Waals surface area contributed by atoms with Gasteiger partial charge in [-0.25, -0.2) is 13.8 Å². The van der Waals surface area contributed by atoms with E-state index in [1.165, 1.54) is 24.4 Å². The Bertz CT molecular complexity index is 1170. The maximum Gasteiger partial charge on any atom is 0.273 e. The van der Waals surface area contributed by atoms with Crippen LogP contribution in [0.1, 0.15) is 15.9 Å². The molecule has 10 heteroatoms. The Morgan fingerprint density at radius 3 is 2.72 bits per heavy atom. The first-order valence-corrected chi connectivity index (χ1v) is 10.8. The molecule has 2 N–H and O–H groups in total. The highest BCUT2D eigenvalue weighted by Crippen LogP contribution is 2.32. The number of carbonyl (C=O) groups excluding carboxylic acids is 1. The highest BCUT2D eigenvalue weighted by molar-refractivity contribution is 7.94. The summed E-state index contributed by atoms with van der Waals surface area (Å²) >= 11 is 1.09. The molecule has 2 aromatic carbocycles. The number of thiophene rings is 1. The molecule has 8 nitrogen and oxygen atoms in total. The van der Waals surface area contributed by atoms with Gasteiger partial charge in [0.1, 0.15) is 4.21 Å². The van der Waals surface area contributed by atoms with Crippen LogP contribution in [0.4, 0.5) is 5.69 Å². The maximum absolute atomic E-state index is 12.5. The van der Waals surface area contributed by atoms with E-state index in [9.17, 15) is 13.2 Å². The molecule has 0 saturated heterocycles. The van der Waals surface area contributed by atoms with Gasteiger partial charge in [0.25, 0.3) is 15.9 Å². The second kappa shape index (κ2) is 7.94. The normalized spacial score (nSPS) is 12.8. The zero-order valence-electron chi connectivity index (χ0n) is 14.9. The maximum atomic E-state index is 12.5. The van der Waals surface area contributed by atoms with Crippen molar-refractivity contribution in [1.29, 1.82) is 0 Å². The third kappa shape index (κ3) is 4.23. The van der Waals surface area contributed by atoms with E-state index in [4.69, 9.17) is 9.47 Å². The van der Waals surface area contributed by atoms with Crippen molar-refractivity contribution in [3.63, 3.8) is 0 Å². The van der Waals surface area contributed by atoms with Crippen LogP contribution in [0.5, 0.6) is 11.5 Å². The van der Waals surface area contributed by atoms with Crippen LogP contribution < -0.4 is 19.6 Å². The monoisotopic (exact) mass is 429 g/mol. The summed E-state index contributed by atoms with van der Waals surface area (Å²) in [7, 11) is -3.77. The lowest BCUT2D eigenvalue weighted by Crippen LogP contribution is -2.21. The number of rotatable bonds is 6. The summed E-state index contributed by atoms with van der Waals surface area (Å²) in [5.74, 6) is 0.707. The van der Waals surface area contributed by atoms with Gasteiger partial charge in [0, 0.05) is 0 Å². The van der Waals surface area contributed by atoms with Gasteiger partial charge < -0.3 is 9.47 Å². The quantitative estimate of drug-likeness (QED) is 0.463. The van der Waals surface area contributed by atoms with Gasteiger partial charge in [-0.15, -0.1) is 11.3 Å². The molecule has 3 aromatic rings. The van der Waals surface area contributed by atoms with Gasteiger partial charge in [-0.2, -0.15) is 5.10 Å². The number of sulfonamides is 1. The fourth-order valence-electron chi connectivity index (χ4n) is 2.60. The molecule has 4 rings (SSSR count). The second-order valence-electron chi connectivity index (χ2n) is 5.89. The van der Waals surface area contributed by atoms with Crippen molar-refractivity contribution in [3.8, 4) is 11.5 Å². The van der Waals surface area contributed by atoms with Gasteiger partial charge in [0.15, 0.2) is 11.5 Å². The van der Waals surface area contributed by atoms with E-state index in [-0.39, 0.29) is 22.3 Å². The Kier molecular flexibility index (Phi) is 5.19. The minimum atomic E-state index is -3.77. The van der Waals surface area contributed by atoms with E-state index in [0.29, 0.717) is 17.1 Å². The average molecular weight is 429 g/mol. The molecule has 0 bridgehead atoms. The van der Waals surface area contributed by atoms with Gasteiger partial charge in [-0.3, -0.25) is 9.52 Å². The van der Waals surface area contributed by atoms with Crippen LogP contribution in [-0.4, -0.2) is 27.3 Å². The standard InChI is InChI=1S/C19H15N3O5S2/c23-19(21-20-11-13-7-8-16-17(10-13)27-12-26-16)14-4-1-2-5-15(14)22-29(24,25)18-6-3-9-28-18/h1-11,22H,12H2,(H,21,23)/b20-11+. The van der Waals surface area contributed by atoms with Gasteiger partial charge in [-0.05, 0) is 47.3 Å². The molecular weight excluding hydrogens is 414 g/mol. The zero-order chi connectivity index (χ0) is 20.3. The van der Waals surface area contributed by atoms with E-state index >= 15 is 0 Å². The van der Waals surface area contributed by atoms with Gasteiger partial charge in [0.05, 0.1) is 17.5 Å². The Labute approximate surface area is 170 Å². The largest absolute Gasteiger partial charge is 0.454 e. The van der Waals surface area contributed by atoms with Gasteiger partial charge in [0.2, 0.25) is 6.79 Å². The fourth-order valence-corrected chi connectivity index (χ4v) is 4.67. The molecule has 1 amide bonds. The number of benzene rings is 2. The van der Waals surface area contributed by atoms with E-state index in [1.807, 2.05) is 0 Å². The molecule has 148 valence electrons. The molecular formula is C19H15N3O5S2. The number of hydrogen-bond acceptors (Lipinski definition) is 7. The molecule has 1 aliphatic heterocycles. The summed E-state index contributed by atoms with van der Waals surface area (Å²) in [4.78, 5) is 12.5. The highest BCUT2D eigenvalue weighted by Gasteiger charge is 2.19. The predicted octanol–water partition coefficient (Wildman–Crippen LogP) is 3.04. The summed E-state index contributed by atoms with van der Waals surface area (Å²) in [6.07, 6.45) is 1.46. The second-order valence-corrected chi connectivity index (χ2v) is 8.75. The van der Waals surface area contributed by atoms with E-state index < -0.39 is 15.9 Å². The van der Waals surface area contributed by atoms with Crippen molar-refractivity contribution in [2.45, 2.75) is 4.21 Å². The highest BCUT2D eigenvalue weighted by atomic mass is 32.2. The number of carbonyl (C=O) groups is 1. The molecule has 0 saturated carbocycles. The number of amides is 1. The first-order valence-electron chi connectivity index (χ1n) is 8.41. The lowest BCUT2D eigenvalue weighted by Gasteiger charge is -2.10. The predicted molar refractivity (Wildman–Crippen MR) is 109 cm³/mol. The molecule has 1 aromatic heterocycles. The zero-order valence-corrected chi connectivity index (χ0v) is 16.5. The van der Waals surface area contributed by atoms with Crippen molar-refractivity contribution in [2.75, 3.05) is 11.5 Å². The molecule has 1 aliphatic rings. The molecule has 0 unspecified atom stereocenters. The summed E-state index contributed by atoms with van der Waals surface area (Å²) in [6, 6.07) is 14.7. The molecule has 0 fully saturated rings. The molecule has 0 atom stereocenters. The summed E-state index contributed by atoms with van der Waals surface area (Å²) in [5, 5.41) is 5.60.